The first-order valence-electron chi connectivity index (χ1n) is 6.69. The van der Waals surface area contributed by atoms with Crippen LogP contribution in [-0.4, -0.2) is 12.6 Å². The molecule has 0 aromatic heterocycles. The number of ether oxygens (including phenoxy) is 1. The second kappa shape index (κ2) is 7.14. The number of nitrogens with two attached hydrogens (primary N) is 2. The van der Waals surface area contributed by atoms with E-state index in [2.05, 4.69) is 0 Å². The highest BCUT2D eigenvalue weighted by Gasteiger charge is 2.02. The van der Waals surface area contributed by atoms with Gasteiger partial charge in [0.15, 0.2) is 0 Å². The minimum Gasteiger partial charge on any atom is -0.462 e. The van der Waals surface area contributed by atoms with Crippen LogP contribution in [0.4, 0.5) is 11.4 Å². The summed E-state index contributed by atoms with van der Waals surface area (Å²) in [7, 11) is 0. The molecule has 0 spiro atoms. The first-order valence-corrected chi connectivity index (χ1v) is 6.69. The second-order valence-corrected chi connectivity index (χ2v) is 4.62. The Bertz CT molecular complexity index is 636. The van der Waals surface area contributed by atoms with Crippen molar-refractivity contribution in [3.8, 4) is 0 Å². The quantitative estimate of drug-likeness (QED) is 0.502. The van der Waals surface area contributed by atoms with Gasteiger partial charge in [-0.3, -0.25) is 0 Å². The Kier molecular flexibility index (Phi) is 4.99. The molecule has 0 aliphatic heterocycles. The third-order valence-corrected chi connectivity index (χ3v) is 3.00. The van der Waals surface area contributed by atoms with Crippen LogP contribution in [-0.2, 0) is 16.0 Å². The highest BCUT2D eigenvalue weighted by atomic mass is 16.5. The Morgan fingerprint density at radius 3 is 2.57 bits per heavy atom. The zero-order chi connectivity index (χ0) is 15.1. The lowest BCUT2D eigenvalue weighted by molar-refractivity contribution is -0.137. The fourth-order valence-electron chi connectivity index (χ4n) is 1.88. The van der Waals surface area contributed by atoms with E-state index in [4.69, 9.17) is 16.2 Å². The first-order chi connectivity index (χ1) is 10.1. The zero-order valence-corrected chi connectivity index (χ0v) is 11.7. The molecule has 108 valence electrons. The molecule has 0 radical (unpaired) electrons. The van der Waals surface area contributed by atoms with Gasteiger partial charge in [-0.2, -0.15) is 0 Å². The molecule has 4 N–H and O–H groups in total. The molecule has 2 aromatic carbocycles. The van der Waals surface area contributed by atoms with E-state index in [9.17, 15) is 4.79 Å². The maximum atomic E-state index is 11.6. The van der Waals surface area contributed by atoms with Crippen molar-refractivity contribution in [1.29, 1.82) is 0 Å². The standard InChI is InChI=1S/C17H18N2O2/c18-15-8-7-14(16(19)12-15)10-11-21-17(20)9-6-13-4-2-1-3-5-13/h1-9,12H,10-11,18-19H2/b9-6-. The summed E-state index contributed by atoms with van der Waals surface area (Å²) in [5.41, 5.74) is 14.6. The van der Waals surface area contributed by atoms with E-state index < -0.39 is 0 Å². The topological polar surface area (TPSA) is 78.3 Å². The molecule has 2 aromatic rings. The molecular weight excluding hydrogens is 264 g/mol. The largest absolute Gasteiger partial charge is 0.462 e. The Morgan fingerprint density at radius 2 is 1.86 bits per heavy atom. The fraction of sp³-hybridized carbons (Fsp3) is 0.118. The monoisotopic (exact) mass is 282 g/mol. The lowest BCUT2D eigenvalue weighted by atomic mass is 10.1. The van der Waals surface area contributed by atoms with Gasteiger partial charge < -0.3 is 16.2 Å². The molecule has 0 aliphatic rings. The van der Waals surface area contributed by atoms with Crippen LogP contribution < -0.4 is 11.5 Å². The summed E-state index contributed by atoms with van der Waals surface area (Å²) < 4.78 is 5.14. The number of carbonyl (C=O) groups is 1. The number of nitrogen functional groups attached to an aromatic ring is 2. The predicted molar refractivity (Wildman–Crippen MR) is 85.4 cm³/mol. The maximum absolute atomic E-state index is 11.6. The van der Waals surface area contributed by atoms with Crippen LogP contribution in [0, 0.1) is 0 Å². The Hall–Kier alpha value is -2.75. The highest BCUT2D eigenvalue weighted by molar-refractivity contribution is 5.87. The minimum atomic E-state index is -0.368. The summed E-state index contributed by atoms with van der Waals surface area (Å²) in [5.74, 6) is -0.368. The van der Waals surface area contributed by atoms with Crippen molar-refractivity contribution in [2.45, 2.75) is 6.42 Å². The number of anilines is 2. The van der Waals surface area contributed by atoms with E-state index in [-0.39, 0.29) is 12.6 Å². The molecule has 4 nitrogen and oxygen atoms in total. The molecular formula is C17H18N2O2. The number of benzene rings is 2. The Balaban J connectivity index is 1.80. The molecule has 4 heteroatoms. The lowest BCUT2D eigenvalue weighted by Gasteiger charge is -2.06. The summed E-state index contributed by atoms with van der Waals surface area (Å²) in [4.78, 5) is 11.6. The third-order valence-electron chi connectivity index (χ3n) is 3.00. The zero-order valence-electron chi connectivity index (χ0n) is 11.7. The number of rotatable bonds is 5. The summed E-state index contributed by atoms with van der Waals surface area (Å²) in [5, 5.41) is 0. The number of hydrogen-bond donors (Lipinski definition) is 2. The molecule has 0 saturated heterocycles. The summed E-state index contributed by atoms with van der Waals surface area (Å²) in [6, 6.07) is 14.9. The molecule has 0 heterocycles. The Labute approximate surface area is 124 Å². The van der Waals surface area contributed by atoms with Crippen molar-refractivity contribution < 1.29 is 9.53 Å². The van der Waals surface area contributed by atoms with Crippen LogP contribution in [0.15, 0.2) is 54.6 Å². The van der Waals surface area contributed by atoms with Crippen LogP contribution in [0.1, 0.15) is 11.1 Å². The SMILES string of the molecule is Nc1ccc(CCOC(=O)/C=C\c2ccccc2)c(N)c1. The fourth-order valence-corrected chi connectivity index (χ4v) is 1.88. The van der Waals surface area contributed by atoms with Crippen molar-refractivity contribution in [2.75, 3.05) is 18.1 Å². The van der Waals surface area contributed by atoms with Crippen molar-refractivity contribution in [2.24, 2.45) is 0 Å². The molecule has 21 heavy (non-hydrogen) atoms. The Morgan fingerprint density at radius 1 is 1.10 bits per heavy atom. The van der Waals surface area contributed by atoms with Crippen molar-refractivity contribution in [1.82, 2.24) is 0 Å². The first kappa shape index (κ1) is 14.7. The van der Waals surface area contributed by atoms with Crippen molar-refractivity contribution in [3.05, 3.63) is 65.7 Å². The minimum absolute atomic E-state index is 0.284. The normalized spacial score (nSPS) is 10.7. The summed E-state index contributed by atoms with van der Waals surface area (Å²) >= 11 is 0. The molecule has 0 aliphatic carbocycles. The second-order valence-electron chi connectivity index (χ2n) is 4.62. The van der Waals surface area contributed by atoms with Crippen LogP contribution in [0.5, 0.6) is 0 Å². The summed E-state index contributed by atoms with van der Waals surface area (Å²) in [6.45, 7) is 0.284. The van der Waals surface area contributed by atoms with Gasteiger partial charge in [0, 0.05) is 23.9 Å². The maximum Gasteiger partial charge on any atom is 0.330 e. The molecule has 0 amide bonds. The van der Waals surface area contributed by atoms with E-state index in [0.717, 1.165) is 11.1 Å². The molecule has 0 unspecified atom stereocenters. The van der Waals surface area contributed by atoms with Crippen molar-refractivity contribution >= 4 is 23.4 Å². The highest BCUT2D eigenvalue weighted by Crippen LogP contribution is 2.16. The predicted octanol–water partition coefficient (Wildman–Crippen LogP) is 2.65. The molecule has 0 bridgehead atoms. The van der Waals surface area contributed by atoms with Gasteiger partial charge in [-0.15, -0.1) is 0 Å². The van der Waals surface area contributed by atoms with Crippen molar-refractivity contribution in [3.63, 3.8) is 0 Å². The van der Waals surface area contributed by atoms with Gasteiger partial charge in [0.1, 0.15) is 0 Å². The van der Waals surface area contributed by atoms with Gasteiger partial charge in [0.25, 0.3) is 0 Å². The summed E-state index contributed by atoms with van der Waals surface area (Å²) in [6.07, 6.45) is 3.71. The van der Waals surface area contributed by atoms with Crippen LogP contribution in [0.2, 0.25) is 0 Å². The lowest BCUT2D eigenvalue weighted by Crippen LogP contribution is -2.06. The molecule has 0 saturated carbocycles. The van der Waals surface area contributed by atoms with Crippen LogP contribution >= 0.6 is 0 Å². The van der Waals surface area contributed by atoms with Gasteiger partial charge in [-0.25, -0.2) is 4.79 Å². The third kappa shape index (κ3) is 4.69. The van der Waals surface area contributed by atoms with E-state index in [0.29, 0.717) is 17.8 Å². The van der Waals surface area contributed by atoms with Crippen LogP contribution in [0.25, 0.3) is 6.08 Å². The molecule has 0 atom stereocenters. The van der Waals surface area contributed by atoms with E-state index in [1.54, 1.807) is 18.2 Å². The van der Waals surface area contributed by atoms with E-state index >= 15 is 0 Å². The molecule has 0 fully saturated rings. The van der Waals surface area contributed by atoms with E-state index in [1.165, 1.54) is 6.08 Å². The molecule has 2 rings (SSSR count). The van der Waals surface area contributed by atoms with Gasteiger partial charge in [0.2, 0.25) is 0 Å². The average Bonchev–Trinajstić information content (AvgIpc) is 2.48. The van der Waals surface area contributed by atoms with E-state index in [1.807, 2.05) is 36.4 Å². The smallest absolute Gasteiger partial charge is 0.330 e. The number of esters is 1. The number of carbonyl (C=O) groups excluding carboxylic acids is 1. The van der Waals surface area contributed by atoms with Gasteiger partial charge in [0.05, 0.1) is 6.61 Å². The van der Waals surface area contributed by atoms with Gasteiger partial charge in [-0.1, -0.05) is 36.4 Å². The average molecular weight is 282 g/mol. The van der Waals surface area contributed by atoms with Crippen LogP contribution in [0.3, 0.4) is 0 Å². The van der Waals surface area contributed by atoms with Gasteiger partial charge >= 0.3 is 5.97 Å². The number of hydrogen-bond acceptors (Lipinski definition) is 4. The van der Waals surface area contributed by atoms with Gasteiger partial charge in [-0.05, 0) is 29.3 Å².